The van der Waals surface area contributed by atoms with Crippen molar-refractivity contribution in [2.75, 3.05) is 19.8 Å². The van der Waals surface area contributed by atoms with E-state index in [0.717, 1.165) is 18.4 Å². The summed E-state index contributed by atoms with van der Waals surface area (Å²) in [4.78, 5) is 4.23. The highest BCUT2D eigenvalue weighted by Gasteiger charge is 2.33. The highest BCUT2D eigenvalue weighted by atomic mass is 32.2. The van der Waals surface area contributed by atoms with E-state index >= 15 is 0 Å². The Morgan fingerprint density at radius 2 is 2.13 bits per heavy atom. The topological polar surface area (TPSA) is 36.4 Å². The van der Waals surface area contributed by atoms with Gasteiger partial charge in [-0.25, -0.2) is 0 Å². The van der Waals surface area contributed by atoms with Crippen molar-refractivity contribution in [3.05, 3.63) is 0 Å². The fraction of sp³-hybridized carbons (Fsp3) is 0.909. The number of hydrogen-bond acceptors (Lipinski definition) is 2. The minimum atomic E-state index is 0.257. The highest BCUT2D eigenvalue weighted by Crippen LogP contribution is 2.28. The van der Waals surface area contributed by atoms with Crippen LogP contribution in [0.2, 0.25) is 0 Å². The molecule has 1 saturated carbocycles. The van der Waals surface area contributed by atoms with Crippen LogP contribution in [0.3, 0.4) is 0 Å². The standard InChI is InChI=1S/C11H23N3S/c1-8-6-9(8)14-10(12-4)13-7-11(2,3)15-5/h8-9H,6-7H2,1-5H3,(H2,12,13,14). The van der Waals surface area contributed by atoms with Crippen LogP contribution in [-0.2, 0) is 0 Å². The Labute approximate surface area is 97.5 Å². The first-order chi connectivity index (χ1) is 6.98. The van der Waals surface area contributed by atoms with Crippen molar-refractivity contribution < 1.29 is 0 Å². The molecule has 2 unspecified atom stereocenters. The molecule has 88 valence electrons. The molecule has 0 aliphatic heterocycles. The molecule has 2 atom stereocenters. The summed E-state index contributed by atoms with van der Waals surface area (Å²) < 4.78 is 0.257. The first kappa shape index (κ1) is 12.7. The molecule has 0 bridgehead atoms. The molecule has 4 heteroatoms. The van der Waals surface area contributed by atoms with Crippen molar-refractivity contribution in [1.82, 2.24) is 10.6 Å². The van der Waals surface area contributed by atoms with Gasteiger partial charge in [0.1, 0.15) is 0 Å². The first-order valence-corrected chi connectivity index (χ1v) is 6.73. The summed E-state index contributed by atoms with van der Waals surface area (Å²) in [5, 5.41) is 6.79. The SMILES string of the molecule is CN=C(NCC(C)(C)SC)NC1CC1C. The fourth-order valence-electron chi connectivity index (χ4n) is 1.26. The van der Waals surface area contributed by atoms with Crippen molar-refractivity contribution >= 4 is 17.7 Å². The third-order valence-electron chi connectivity index (χ3n) is 2.89. The molecular weight excluding hydrogens is 206 g/mol. The van der Waals surface area contributed by atoms with Gasteiger partial charge in [-0.05, 0) is 32.4 Å². The lowest BCUT2D eigenvalue weighted by atomic mass is 10.2. The number of nitrogens with one attached hydrogen (secondary N) is 2. The summed E-state index contributed by atoms with van der Waals surface area (Å²) in [5.41, 5.74) is 0. The van der Waals surface area contributed by atoms with E-state index in [1.807, 2.05) is 18.8 Å². The van der Waals surface area contributed by atoms with Gasteiger partial charge in [0.2, 0.25) is 0 Å². The van der Waals surface area contributed by atoms with Crippen LogP contribution in [0.5, 0.6) is 0 Å². The van der Waals surface area contributed by atoms with E-state index in [0.29, 0.717) is 6.04 Å². The molecule has 0 spiro atoms. The van der Waals surface area contributed by atoms with Gasteiger partial charge in [-0.3, -0.25) is 4.99 Å². The van der Waals surface area contributed by atoms with Crippen LogP contribution in [-0.4, -0.2) is 36.6 Å². The lowest BCUT2D eigenvalue weighted by Gasteiger charge is -2.23. The molecule has 0 amide bonds. The van der Waals surface area contributed by atoms with Gasteiger partial charge < -0.3 is 10.6 Å². The zero-order valence-electron chi connectivity index (χ0n) is 10.4. The third-order valence-corrected chi connectivity index (χ3v) is 4.14. The van der Waals surface area contributed by atoms with Crippen LogP contribution in [0.25, 0.3) is 0 Å². The average Bonchev–Trinajstić information content (AvgIpc) is 2.89. The summed E-state index contributed by atoms with van der Waals surface area (Å²) in [5.74, 6) is 1.74. The maximum absolute atomic E-state index is 4.23. The molecule has 0 aromatic carbocycles. The van der Waals surface area contributed by atoms with Crippen molar-refractivity contribution in [2.45, 2.75) is 38.0 Å². The summed E-state index contributed by atoms with van der Waals surface area (Å²) in [6.07, 6.45) is 3.41. The first-order valence-electron chi connectivity index (χ1n) is 5.51. The number of thioether (sulfide) groups is 1. The highest BCUT2D eigenvalue weighted by molar-refractivity contribution is 7.99. The van der Waals surface area contributed by atoms with Gasteiger partial charge in [-0.15, -0.1) is 0 Å². The molecule has 2 N–H and O–H groups in total. The van der Waals surface area contributed by atoms with E-state index < -0.39 is 0 Å². The van der Waals surface area contributed by atoms with Crippen LogP contribution >= 0.6 is 11.8 Å². The summed E-state index contributed by atoms with van der Waals surface area (Å²) in [6.45, 7) is 7.67. The Kier molecular flexibility index (Phi) is 4.32. The van der Waals surface area contributed by atoms with Gasteiger partial charge >= 0.3 is 0 Å². The molecule has 0 aromatic rings. The lowest BCUT2D eigenvalue weighted by molar-refractivity contribution is 0.660. The summed E-state index contributed by atoms with van der Waals surface area (Å²) >= 11 is 1.87. The molecule has 0 saturated heterocycles. The normalized spacial score (nSPS) is 26.3. The van der Waals surface area contributed by atoms with E-state index in [1.54, 1.807) is 0 Å². The number of aliphatic imine (C=N–C) groups is 1. The van der Waals surface area contributed by atoms with Crippen LogP contribution in [0.4, 0.5) is 0 Å². The fourth-order valence-corrected chi connectivity index (χ4v) is 1.48. The van der Waals surface area contributed by atoms with E-state index in [2.05, 4.69) is 42.7 Å². The zero-order chi connectivity index (χ0) is 11.5. The number of hydrogen-bond donors (Lipinski definition) is 2. The molecule has 1 aliphatic carbocycles. The molecule has 1 fully saturated rings. The molecule has 0 radical (unpaired) electrons. The van der Waals surface area contributed by atoms with E-state index in [4.69, 9.17) is 0 Å². The van der Waals surface area contributed by atoms with Crippen molar-refractivity contribution in [3.8, 4) is 0 Å². The van der Waals surface area contributed by atoms with Gasteiger partial charge in [0.25, 0.3) is 0 Å². The monoisotopic (exact) mass is 229 g/mol. The van der Waals surface area contributed by atoms with E-state index in [-0.39, 0.29) is 4.75 Å². The van der Waals surface area contributed by atoms with Crippen molar-refractivity contribution in [3.63, 3.8) is 0 Å². The van der Waals surface area contributed by atoms with Gasteiger partial charge in [0.15, 0.2) is 5.96 Å². The Bertz CT molecular complexity index is 238. The lowest BCUT2D eigenvalue weighted by Crippen LogP contribution is -2.44. The van der Waals surface area contributed by atoms with Gasteiger partial charge in [-0.2, -0.15) is 11.8 Å². The summed E-state index contributed by atoms with van der Waals surface area (Å²) in [6, 6.07) is 0.633. The largest absolute Gasteiger partial charge is 0.355 e. The second-order valence-electron chi connectivity index (χ2n) is 4.85. The van der Waals surface area contributed by atoms with Gasteiger partial charge in [-0.1, -0.05) is 6.92 Å². The molecule has 1 aliphatic rings. The molecule has 0 aromatic heterocycles. The Morgan fingerprint density at radius 1 is 1.53 bits per heavy atom. The maximum Gasteiger partial charge on any atom is 0.191 e. The van der Waals surface area contributed by atoms with Crippen molar-refractivity contribution in [2.24, 2.45) is 10.9 Å². The predicted molar refractivity (Wildman–Crippen MR) is 69.7 cm³/mol. The average molecular weight is 229 g/mol. The Hall–Kier alpha value is -0.380. The summed E-state index contributed by atoms with van der Waals surface area (Å²) in [7, 11) is 1.83. The zero-order valence-corrected chi connectivity index (χ0v) is 11.2. The maximum atomic E-state index is 4.23. The second-order valence-corrected chi connectivity index (χ2v) is 6.37. The van der Waals surface area contributed by atoms with E-state index in [1.165, 1.54) is 6.42 Å². The number of guanidine groups is 1. The molecular formula is C11H23N3S. The minimum Gasteiger partial charge on any atom is -0.355 e. The van der Waals surface area contributed by atoms with Gasteiger partial charge in [0.05, 0.1) is 0 Å². The molecule has 15 heavy (non-hydrogen) atoms. The van der Waals surface area contributed by atoms with Crippen LogP contribution < -0.4 is 10.6 Å². The Balaban J connectivity index is 2.28. The quantitative estimate of drug-likeness (QED) is 0.569. The Morgan fingerprint density at radius 3 is 2.53 bits per heavy atom. The second kappa shape index (κ2) is 5.10. The van der Waals surface area contributed by atoms with Crippen LogP contribution in [0.15, 0.2) is 4.99 Å². The minimum absolute atomic E-state index is 0.257. The van der Waals surface area contributed by atoms with Crippen LogP contribution in [0.1, 0.15) is 27.2 Å². The van der Waals surface area contributed by atoms with Crippen molar-refractivity contribution in [1.29, 1.82) is 0 Å². The molecule has 1 rings (SSSR count). The number of nitrogens with zero attached hydrogens (tertiary/aromatic N) is 1. The van der Waals surface area contributed by atoms with Gasteiger partial charge in [0, 0.05) is 24.4 Å². The van der Waals surface area contributed by atoms with Crippen LogP contribution in [0, 0.1) is 5.92 Å². The molecule has 0 heterocycles. The third kappa shape index (κ3) is 4.33. The predicted octanol–water partition coefficient (Wildman–Crippen LogP) is 1.70. The van der Waals surface area contributed by atoms with E-state index in [9.17, 15) is 0 Å². The molecule has 3 nitrogen and oxygen atoms in total. The number of rotatable bonds is 4. The smallest absolute Gasteiger partial charge is 0.191 e.